The highest BCUT2D eigenvalue weighted by molar-refractivity contribution is 5.30. The second-order valence-corrected chi connectivity index (χ2v) is 4.55. The van der Waals surface area contributed by atoms with Crippen molar-refractivity contribution in [1.82, 2.24) is 5.32 Å². The topological polar surface area (TPSA) is 32.3 Å². The SMILES string of the molecule is Oc1cccc(C2CC3CC3CN2)c1. The Hall–Kier alpha value is -1.02. The van der Waals surface area contributed by atoms with E-state index >= 15 is 0 Å². The Morgan fingerprint density at radius 3 is 2.93 bits per heavy atom. The fourth-order valence-electron chi connectivity index (χ4n) is 2.52. The lowest BCUT2D eigenvalue weighted by Crippen LogP contribution is -2.28. The maximum atomic E-state index is 9.39. The first-order chi connectivity index (χ1) is 6.83. The first-order valence-electron chi connectivity index (χ1n) is 5.35. The maximum absolute atomic E-state index is 9.39. The van der Waals surface area contributed by atoms with E-state index in [9.17, 15) is 5.11 Å². The van der Waals surface area contributed by atoms with E-state index in [1.54, 1.807) is 6.07 Å². The van der Waals surface area contributed by atoms with Crippen molar-refractivity contribution >= 4 is 0 Å². The summed E-state index contributed by atoms with van der Waals surface area (Å²) < 4.78 is 0. The third-order valence-corrected chi connectivity index (χ3v) is 3.51. The molecule has 2 fully saturated rings. The van der Waals surface area contributed by atoms with Crippen molar-refractivity contribution in [2.75, 3.05) is 6.54 Å². The van der Waals surface area contributed by atoms with Crippen LogP contribution in [0, 0.1) is 11.8 Å². The molecule has 2 N–H and O–H groups in total. The van der Waals surface area contributed by atoms with Crippen molar-refractivity contribution in [3.63, 3.8) is 0 Å². The van der Waals surface area contributed by atoms with Crippen molar-refractivity contribution in [3.8, 4) is 5.75 Å². The summed E-state index contributed by atoms with van der Waals surface area (Å²) in [6, 6.07) is 8.09. The second kappa shape index (κ2) is 2.99. The van der Waals surface area contributed by atoms with E-state index in [0.717, 1.165) is 18.4 Å². The fraction of sp³-hybridized carbons (Fsp3) is 0.500. The van der Waals surface area contributed by atoms with Crippen LogP contribution in [0.25, 0.3) is 0 Å². The van der Waals surface area contributed by atoms with Gasteiger partial charge >= 0.3 is 0 Å². The van der Waals surface area contributed by atoms with Crippen LogP contribution >= 0.6 is 0 Å². The second-order valence-electron chi connectivity index (χ2n) is 4.55. The number of piperidine rings is 1. The molecule has 0 amide bonds. The Kier molecular flexibility index (Phi) is 1.77. The monoisotopic (exact) mass is 189 g/mol. The van der Waals surface area contributed by atoms with Crippen molar-refractivity contribution < 1.29 is 5.11 Å². The lowest BCUT2D eigenvalue weighted by Gasteiger charge is -2.23. The van der Waals surface area contributed by atoms with Crippen molar-refractivity contribution in [2.24, 2.45) is 11.8 Å². The molecule has 0 radical (unpaired) electrons. The van der Waals surface area contributed by atoms with Gasteiger partial charge in [0.1, 0.15) is 5.75 Å². The van der Waals surface area contributed by atoms with Gasteiger partial charge in [-0.3, -0.25) is 0 Å². The molecular weight excluding hydrogens is 174 g/mol. The van der Waals surface area contributed by atoms with Crippen LogP contribution in [0.1, 0.15) is 24.4 Å². The largest absolute Gasteiger partial charge is 0.508 e. The molecular formula is C12H15NO. The van der Waals surface area contributed by atoms with E-state index in [0.29, 0.717) is 11.8 Å². The minimum atomic E-state index is 0.377. The standard InChI is InChI=1S/C12H15NO/c14-11-3-1-2-8(5-11)12-6-9-4-10(9)7-13-12/h1-3,5,9-10,12-14H,4,6-7H2. The van der Waals surface area contributed by atoms with Gasteiger partial charge in [-0.2, -0.15) is 0 Å². The predicted molar refractivity (Wildman–Crippen MR) is 55.1 cm³/mol. The number of aromatic hydroxyl groups is 1. The molecule has 1 saturated heterocycles. The molecule has 0 spiro atoms. The molecule has 0 bridgehead atoms. The number of benzene rings is 1. The van der Waals surface area contributed by atoms with Gasteiger partial charge in [0, 0.05) is 6.04 Å². The van der Waals surface area contributed by atoms with Gasteiger partial charge in [0.05, 0.1) is 0 Å². The van der Waals surface area contributed by atoms with E-state index in [1.807, 2.05) is 12.1 Å². The third-order valence-electron chi connectivity index (χ3n) is 3.51. The van der Waals surface area contributed by atoms with E-state index < -0.39 is 0 Å². The Morgan fingerprint density at radius 2 is 2.14 bits per heavy atom. The first-order valence-corrected chi connectivity index (χ1v) is 5.35. The van der Waals surface area contributed by atoms with E-state index in [-0.39, 0.29) is 0 Å². The number of hydrogen-bond acceptors (Lipinski definition) is 2. The number of hydrogen-bond donors (Lipinski definition) is 2. The normalized spacial score (nSPS) is 35.0. The van der Waals surface area contributed by atoms with Crippen LogP contribution in [0.3, 0.4) is 0 Å². The highest BCUT2D eigenvalue weighted by atomic mass is 16.3. The zero-order valence-electron chi connectivity index (χ0n) is 8.11. The summed E-state index contributed by atoms with van der Waals surface area (Å²) in [5.74, 6) is 2.27. The Labute approximate surface area is 84.0 Å². The van der Waals surface area contributed by atoms with Crippen LogP contribution in [0.4, 0.5) is 0 Å². The lowest BCUT2D eigenvalue weighted by molar-refractivity contribution is 0.393. The Morgan fingerprint density at radius 1 is 1.21 bits per heavy atom. The van der Waals surface area contributed by atoms with Gasteiger partial charge in [0.2, 0.25) is 0 Å². The molecule has 1 saturated carbocycles. The van der Waals surface area contributed by atoms with Crippen molar-refractivity contribution in [2.45, 2.75) is 18.9 Å². The van der Waals surface area contributed by atoms with Crippen LogP contribution in [-0.4, -0.2) is 11.7 Å². The van der Waals surface area contributed by atoms with E-state index in [1.165, 1.54) is 18.4 Å². The summed E-state index contributed by atoms with van der Waals surface area (Å²) in [6.45, 7) is 1.16. The molecule has 2 nitrogen and oxygen atoms in total. The average Bonchev–Trinajstić information content (AvgIpc) is 2.95. The summed E-state index contributed by atoms with van der Waals surface area (Å²) >= 11 is 0. The lowest BCUT2D eigenvalue weighted by atomic mass is 9.97. The summed E-state index contributed by atoms with van der Waals surface area (Å²) in [4.78, 5) is 0. The highest BCUT2D eigenvalue weighted by Gasteiger charge is 2.42. The van der Waals surface area contributed by atoms with Gasteiger partial charge in [-0.05, 0) is 48.9 Å². The molecule has 14 heavy (non-hydrogen) atoms. The molecule has 1 aliphatic heterocycles. The Balaban J connectivity index is 1.80. The minimum Gasteiger partial charge on any atom is -0.508 e. The van der Waals surface area contributed by atoms with Gasteiger partial charge in [-0.15, -0.1) is 0 Å². The first kappa shape index (κ1) is 8.30. The van der Waals surface area contributed by atoms with Crippen LogP contribution in [0.15, 0.2) is 24.3 Å². The predicted octanol–water partition coefficient (Wildman–Crippen LogP) is 2.06. The molecule has 0 aromatic heterocycles. The molecule has 3 rings (SSSR count). The van der Waals surface area contributed by atoms with Crippen molar-refractivity contribution in [1.29, 1.82) is 0 Å². The summed E-state index contributed by atoms with van der Waals surface area (Å²) in [7, 11) is 0. The summed E-state index contributed by atoms with van der Waals surface area (Å²) in [5, 5.41) is 12.9. The molecule has 1 aromatic carbocycles. The van der Waals surface area contributed by atoms with Crippen LogP contribution in [0.5, 0.6) is 5.75 Å². The summed E-state index contributed by atoms with van der Waals surface area (Å²) in [5.41, 5.74) is 1.23. The number of rotatable bonds is 1. The molecule has 3 atom stereocenters. The molecule has 1 aromatic rings. The quantitative estimate of drug-likeness (QED) is 0.708. The van der Waals surface area contributed by atoms with Gasteiger partial charge in [0.25, 0.3) is 0 Å². The van der Waals surface area contributed by atoms with E-state index in [4.69, 9.17) is 0 Å². The van der Waals surface area contributed by atoms with Gasteiger partial charge in [-0.25, -0.2) is 0 Å². The smallest absolute Gasteiger partial charge is 0.115 e. The van der Waals surface area contributed by atoms with Crippen LogP contribution in [-0.2, 0) is 0 Å². The van der Waals surface area contributed by atoms with Gasteiger partial charge in [0.15, 0.2) is 0 Å². The highest BCUT2D eigenvalue weighted by Crippen LogP contribution is 2.47. The molecule has 1 aliphatic carbocycles. The van der Waals surface area contributed by atoms with Gasteiger partial charge in [-0.1, -0.05) is 12.1 Å². The fourth-order valence-corrected chi connectivity index (χ4v) is 2.52. The summed E-state index contributed by atoms with van der Waals surface area (Å²) in [6.07, 6.45) is 2.65. The zero-order chi connectivity index (χ0) is 9.54. The van der Waals surface area contributed by atoms with E-state index in [2.05, 4.69) is 11.4 Å². The van der Waals surface area contributed by atoms with Crippen LogP contribution in [0.2, 0.25) is 0 Å². The Bertz CT molecular complexity index is 350. The minimum absolute atomic E-state index is 0.377. The van der Waals surface area contributed by atoms with Crippen molar-refractivity contribution in [3.05, 3.63) is 29.8 Å². The third kappa shape index (κ3) is 1.40. The van der Waals surface area contributed by atoms with Crippen LogP contribution < -0.4 is 5.32 Å². The number of phenols is 1. The molecule has 74 valence electrons. The number of nitrogens with one attached hydrogen (secondary N) is 1. The number of phenolic OH excluding ortho intramolecular Hbond substituents is 1. The molecule has 2 aliphatic rings. The molecule has 2 heteroatoms. The molecule has 3 unspecified atom stereocenters. The van der Waals surface area contributed by atoms with Gasteiger partial charge < -0.3 is 10.4 Å². The zero-order valence-corrected chi connectivity index (χ0v) is 8.11. The average molecular weight is 189 g/mol. The maximum Gasteiger partial charge on any atom is 0.115 e. The molecule has 1 heterocycles. The number of fused-ring (bicyclic) bond motifs is 1.